The zero-order valence-corrected chi connectivity index (χ0v) is 8.72. The third-order valence-electron chi connectivity index (χ3n) is 3.18. The molecule has 0 amide bonds. The van der Waals surface area contributed by atoms with E-state index in [1.807, 2.05) is 4.57 Å². The summed E-state index contributed by atoms with van der Waals surface area (Å²) in [5.74, 6) is 0. The van der Waals surface area contributed by atoms with Crippen molar-refractivity contribution in [1.29, 1.82) is 5.41 Å². The molecule has 3 rings (SSSR count). The molecule has 0 saturated heterocycles. The summed E-state index contributed by atoms with van der Waals surface area (Å²) in [5, 5.41) is 17.2. The van der Waals surface area contributed by atoms with Crippen LogP contribution < -0.4 is 5.49 Å². The van der Waals surface area contributed by atoms with Gasteiger partial charge in [0.25, 0.3) is 0 Å². The molecule has 6 heteroatoms. The van der Waals surface area contributed by atoms with Crippen LogP contribution in [0, 0.1) is 5.41 Å². The van der Waals surface area contributed by atoms with Crippen molar-refractivity contribution in [2.45, 2.75) is 31.4 Å². The minimum absolute atomic E-state index is 0.210. The number of nitrogens with one attached hydrogen (secondary N) is 2. The molecule has 84 valence electrons. The predicted molar refractivity (Wildman–Crippen MR) is 56.6 cm³/mol. The highest BCUT2D eigenvalue weighted by atomic mass is 16.3. The predicted octanol–water partition coefficient (Wildman–Crippen LogP) is 0.325. The van der Waals surface area contributed by atoms with Crippen molar-refractivity contribution in [3.63, 3.8) is 0 Å². The van der Waals surface area contributed by atoms with Crippen molar-refractivity contribution in [1.82, 2.24) is 19.5 Å². The number of H-pyrrole nitrogens is 1. The van der Waals surface area contributed by atoms with E-state index in [0.29, 0.717) is 5.52 Å². The van der Waals surface area contributed by atoms with Gasteiger partial charge in [-0.3, -0.25) is 5.41 Å². The van der Waals surface area contributed by atoms with Gasteiger partial charge >= 0.3 is 0 Å². The van der Waals surface area contributed by atoms with E-state index in [-0.39, 0.29) is 17.6 Å². The molecule has 0 unspecified atom stereocenters. The van der Waals surface area contributed by atoms with Crippen LogP contribution >= 0.6 is 0 Å². The van der Waals surface area contributed by atoms with Gasteiger partial charge in [0.1, 0.15) is 5.52 Å². The fraction of sp³-hybridized carbons (Fsp3) is 0.500. The van der Waals surface area contributed by atoms with Gasteiger partial charge in [0.05, 0.1) is 18.8 Å². The average Bonchev–Trinajstić information content (AvgIpc) is 2.87. The van der Waals surface area contributed by atoms with E-state index < -0.39 is 0 Å². The number of aromatic nitrogens is 4. The Bertz CT molecular complexity index is 572. The lowest BCUT2D eigenvalue weighted by Gasteiger charge is -2.14. The second kappa shape index (κ2) is 3.41. The Balaban J connectivity index is 2.13. The highest BCUT2D eigenvalue weighted by molar-refractivity contribution is 5.68. The molecule has 2 atom stereocenters. The number of rotatable bonds is 1. The molecular formula is C10H13N5O. The highest BCUT2D eigenvalue weighted by Crippen LogP contribution is 2.30. The third kappa shape index (κ3) is 1.34. The summed E-state index contributed by atoms with van der Waals surface area (Å²) in [7, 11) is 0. The molecule has 0 aromatic carbocycles. The van der Waals surface area contributed by atoms with Crippen molar-refractivity contribution in [3.8, 4) is 0 Å². The largest absolute Gasteiger partial charge is 0.393 e. The van der Waals surface area contributed by atoms with Gasteiger partial charge in [-0.15, -0.1) is 0 Å². The van der Waals surface area contributed by atoms with E-state index in [9.17, 15) is 5.11 Å². The number of imidazole rings is 1. The van der Waals surface area contributed by atoms with E-state index in [0.717, 1.165) is 24.9 Å². The van der Waals surface area contributed by atoms with Crippen LogP contribution in [0.1, 0.15) is 25.3 Å². The van der Waals surface area contributed by atoms with Gasteiger partial charge in [-0.25, -0.2) is 9.97 Å². The van der Waals surface area contributed by atoms with Crippen molar-refractivity contribution in [3.05, 3.63) is 18.1 Å². The van der Waals surface area contributed by atoms with E-state index in [4.69, 9.17) is 5.41 Å². The van der Waals surface area contributed by atoms with Gasteiger partial charge in [-0.2, -0.15) is 0 Å². The van der Waals surface area contributed by atoms with Gasteiger partial charge in [0.15, 0.2) is 11.1 Å². The van der Waals surface area contributed by atoms with Crippen LogP contribution in [0.25, 0.3) is 11.2 Å². The normalized spacial score (nSPS) is 25.3. The summed E-state index contributed by atoms with van der Waals surface area (Å²) < 4.78 is 1.96. The topological polar surface area (TPSA) is 90.6 Å². The van der Waals surface area contributed by atoms with Gasteiger partial charge in [0.2, 0.25) is 0 Å². The molecule has 0 bridgehead atoms. The Morgan fingerprint density at radius 2 is 2.31 bits per heavy atom. The Morgan fingerprint density at radius 3 is 3.06 bits per heavy atom. The molecule has 1 aliphatic rings. The summed E-state index contributed by atoms with van der Waals surface area (Å²) in [6, 6.07) is 0.244. The van der Waals surface area contributed by atoms with Crippen molar-refractivity contribution in [2.24, 2.45) is 0 Å². The first kappa shape index (κ1) is 9.53. The third-order valence-corrected chi connectivity index (χ3v) is 3.18. The van der Waals surface area contributed by atoms with Crippen LogP contribution in [-0.4, -0.2) is 30.7 Å². The number of aromatic amines is 1. The Hall–Kier alpha value is -1.69. The minimum Gasteiger partial charge on any atom is -0.393 e. The smallest absolute Gasteiger partial charge is 0.173 e. The summed E-state index contributed by atoms with van der Waals surface area (Å²) in [6.07, 6.45) is 5.51. The summed E-state index contributed by atoms with van der Waals surface area (Å²) in [4.78, 5) is 11.2. The first-order valence-corrected chi connectivity index (χ1v) is 5.38. The fourth-order valence-corrected chi connectivity index (χ4v) is 2.35. The van der Waals surface area contributed by atoms with Crippen LogP contribution in [0.15, 0.2) is 12.7 Å². The minimum atomic E-state index is -0.220. The summed E-state index contributed by atoms with van der Waals surface area (Å²) in [6.45, 7) is 0. The lowest BCUT2D eigenvalue weighted by molar-refractivity contribution is 0.178. The molecule has 3 N–H and O–H groups in total. The lowest BCUT2D eigenvalue weighted by Crippen LogP contribution is -2.16. The molecule has 0 spiro atoms. The van der Waals surface area contributed by atoms with E-state index in [2.05, 4.69) is 15.0 Å². The molecular weight excluding hydrogens is 206 g/mol. The van der Waals surface area contributed by atoms with Crippen molar-refractivity contribution < 1.29 is 5.11 Å². The summed E-state index contributed by atoms with van der Waals surface area (Å²) >= 11 is 0. The monoisotopic (exact) mass is 219 g/mol. The maximum absolute atomic E-state index is 9.54. The second-order valence-corrected chi connectivity index (χ2v) is 4.22. The molecule has 6 nitrogen and oxygen atoms in total. The number of aliphatic hydroxyl groups is 1. The summed E-state index contributed by atoms with van der Waals surface area (Å²) in [5.41, 5.74) is 1.62. The van der Waals surface area contributed by atoms with Crippen molar-refractivity contribution in [2.75, 3.05) is 0 Å². The van der Waals surface area contributed by atoms with E-state index >= 15 is 0 Å². The van der Waals surface area contributed by atoms with Gasteiger partial charge in [0, 0.05) is 6.04 Å². The molecule has 1 aliphatic carbocycles. The second-order valence-electron chi connectivity index (χ2n) is 4.22. The lowest BCUT2D eigenvalue weighted by atomic mass is 10.2. The van der Waals surface area contributed by atoms with E-state index in [1.165, 1.54) is 0 Å². The molecule has 1 saturated carbocycles. The quantitative estimate of drug-likeness (QED) is 0.645. The van der Waals surface area contributed by atoms with Crippen molar-refractivity contribution >= 4 is 11.2 Å². The molecule has 0 radical (unpaired) electrons. The van der Waals surface area contributed by atoms with Crippen LogP contribution in [0.2, 0.25) is 0 Å². The van der Waals surface area contributed by atoms with Gasteiger partial charge in [-0.1, -0.05) is 0 Å². The first-order chi connectivity index (χ1) is 7.75. The molecule has 16 heavy (non-hydrogen) atoms. The van der Waals surface area contributed by atoms with Crippen LogP contribution in [0.4, 0.5) is 0 Å². The van der Waals surface area contributed by atoms with Gasteiger partial charge in [-0.05, 0) is 19.3 Å². The zero-order chi connectivity index (χ0) is 11.1. The number of nitrogens with zero attached hydrogens (tertiary/aromatic N) is 3. The number of hydrogen-bond donors (Lipinski definition) is 3. The highest BCUT2D eigenvalue weighted by Gasteiger charge is 2.25. The maximum Gasteiger partial charge on any atom is 0.173 e. The first-order valence-electron chi connectivity index (χ1n) is 5.38. The number of hydrogen-bond acceptors (Lipinski definition) is 4. The van der Waals surface area contributed by atoms with Crippen LogP contribution in [0.5, 0.6) is 0 Å². The van der Waals surface area contributed by atoms with Gasteiger partial charge < -0.3 is 14.7 Å². The average molecular weight is 219 g/mol. The van der Waals surface area contributed by atoms with Crippen LogP contribution in [0.3, 0.4) is 0 Å². The van der Waals surface area contributed by atoms with E-state index in [1.54, 1.807) is 12.7 Å². The van der Waals surface area contributed by atoms with Crippen LogP contribution in [-0.2, 0) is 0 Å². The Labute approximate surface area is 91.5 Å². The standard InChI is InChI=1S/C10H13N5O/c11-9-8-10(13-4-12-8)15(5-14-9)6-1-2-7(16)3-6/h4-7,11,16H,1-3H2,(H,12,13)/t6-,7-/m1/s1. The Morgan fingerprint density at radius 1 is 1.44 bits per heavy atom. The zero-order valence-electron chi connectivity index (χ0n) is 8.72. The molecule has 2 heterocycles. The molecule has 2 aromatic heterocycles. The molecule has 1 fully saturated rings. The maximum atomic E-state index is 9.54. The molecule has 0 aliphatic heterocycles. The number of aliphatic hydroxyl groups excluding tert-OH is 1. The fourth-order valence-electron chi connectivity index (χ4n) is 2.35. The Kier molecular flexibility index (Phi) is 2.03. The SMILES string of the molecule is N=c1ncn([C@@H]2CC[C@@H](O)C2)c2nc[nH]c12. The molecule has 2 aromatic rings. The number of fused-ring (bicyclic) bond motifs is 1.